The summed E-state index contributed by atoms with van der Waals surface area (Å²) in [6.45, 7) is 5.84. The highest BCUT2D eigenvalue weighted by molar-refractivity contribution is 5.89. The molecule has 10 nitrogen and oxygen atoms in total. The summed E-state index contributed by atoms with van der Waals surface area (Å²) in [5, 5.41) is 12.7. The highest BCUT2D eigenvalue weighted by atomic mass is 16.6. The average molecular weight is 614 g/mol. The van der Waals surface area contributed by atoms with Crippen LogP contribution in [0.25, 0.3) is 0 Å². The van der Waals surface area contributed by atoms with E-state index in [4.69, 9.17) is 28.4 Å². The van der Waals surface area contributed by atoms with Crippen molar-refractivity contribution in [2.45, 2.75) is 81.2 Å². The van der Waals surface area contributed by atoms with Gasteiger partial charge in [-0.25, -0.2) is 4.79 Å². The number of carbonyl (C=O) groups is 2. The minimum absolute atomic E-state index is 0.0216. The molecule has 6 fully saturated rings. The molecule has 0 aromatic heterocycles. The monoisotopic (exact) mass is 613 g/mol. The fourth-order valence-corrected chi connectivity index (χ4v) is 12.3. The third-order valence-electron chi connectivity index (χ3n) is 13.0. The van der Waals surface area contributed by atoms with Crippen molar-refractivity contribution in [2.75, 3.05) is 48.1 Å². The lowest BCUT2D eigenvalue weighted by Gasteiger charge is -2.69. The molecule has 13 atom stereocenters. The van der Waals surface area contributed by atoms with Gasteiger partial charge in [0.15, 0.2) is 0 Å². The number of benzene rings is 1. The summed E-state index contributed by atoms with van der Waals surface area (Å²) in [6, 6.07) is 8.80. The fraction of sp³-hybridized carbons (Fsp3) is 0.765. The number of rotatable bonds is 9. The van der Waals surface area contributed by atoms with Crippen molar-refractivity contribution >= 4 is 11.9 Å². The summed E-state index contributed by atoms with van der Waals surface area (Å²) in [5.41, 5.74) is -2.88. The molecule has 242 valence electrons. The lowest BCUT2D eigenvalue weighted by atomic mass is 9.43. The first-order valence-corrected chi connectivity index (χ1v) is 16.1. The molecule has 1 aliphatic heterocycles. The van der Waals surface area contributed by atoms with Crippen LogP contribution in [0.4, 0.5) is 0 Å². The number of ether oxygens (including phenoxy) is 6. The molecule has 5 aliphatic carbocycles. The topological polar surface area (TPSA) is 113 Å². The van der Waals surface area contributed by atoms with Gasteiger partial charge in [-0.05, 0) is 43.9 Å². The number of piperidine rings is 1. The minimum atomic E-state index is -1.48. The van der Waals surface area contributed by atoms with Crippen molar-refractivity contribution in [3.63, 3.8) is 0 Å². The van der Waals surface area contributed by atoms with Crippen LogP contribution in [-0.4, -0.2) is 112 Å². The van der Waals surface area contributed by atoms with Crippen molar-refractivity contribution in [1.29, 1.82) is 0 Å². The summed E-state index contributed by atoms with van der Waals surface area (Å²) in [5.74, 6) is -1.85. The second-order valence-electron chi connectivity index (χ2n) is 14.3. The Morgan fingerprint density at radius 3 is 2.34 bits per heavy atom. The number of hydrogen-bond acceptors (Lipinski definition) is 10. The van der Waals surface area contributed by atoms with E-state index in [0.717, 1.165) is 25.9 Å². The second kappa shape index (κ2) is 10.5. The summed E-state index contributed by atoms with van der Waals surface area (Å²) >= 11 is 0. The van der Waals surface area contributed by atoms with Crippen LogP contribution >= 0.6 is 0 Å². The Morgan fingerprint density at radius 2 is 1.73 bits per heavy atom. The van der Waals surface area contributed by atoms with E-state index in [1.165, 1.54) is 6.92 Å². The molecular formula is C34H47NO9. The number of fused-ring (bicyclic) bond motifs is 2. The van der Waals surface area contributed by atoms with Crippen LogP contribution in [0.2, 0.25) is 0 Å². The summed E-state index contributed by atoms with van der Waals surface area (Å²) in [6.07, 6.45) is 0.292. The molecule has 7 bridgehead atoms. The first kappa shape index (κ1) is 30.6. The van der Waals surface area contributed by atoms with Crippen molar-refractivity contribution in [2.24, 2.45) is 34.5 Å². The molecular weight excluding hydrogens is 566 g/mol. The summed E-state index contributed by atoms with van der Waals surface area (Å²) < 4.78 is 38.2. The predicted octanol–water partition coefficient (Wildman–Crippen LogP) is 2.71. The van der Waals surface area contributed by atoms with Crippen molar-refractivity contribution < 1.29 is 43.1 Å². The number of aliphatic hydroxyl groups is 1. The summed E-state index contributed by atoms with van der Waals surface area (Å²) in [4.78, 5) is 29.5. The van der Waals surface area contributed by atoms with Gasteiger partial charge in [0.05, 0.1) is 30.5 Å². The van der Waals surface area contributed by atoms with Gasteiger partial charge < -0.3 is 33.5 Å². The van der Waals surface area contributed by atoms with E-state index in [-0.39, 0.29) is 47.8 Å². The van der Waals surface area contributed by atoms with Crippen molar-refractivity contribution in [1.82, 2.24) is 4.90 Å². The standard InChI is InChI=1S/C34H47NO9/c1-7-35-17-31(18-39-3)14-13-22(40-4)34-21-15-32(38)23(41-5)16-33(44-19(2)36,25(28(34)35)26(42-6)27(31)34)24(21)29(32)43-30(37)20-11-9-8-10-12-20/h8-12,21-29,38H,7,13-18H2,1-6H3/t21-,22?,23+,24-,25?,26?,27-,28?,29-,31+,32+,33-,34?/m1/s1. The predicted molar refractivity (Wildman–Crippen MR) is 158 cm³/mol. The van der Waals surface area contributed by atoms with E-state index >= 15 is 0 Å². The number of esters is 2. The Kier molecular flexibility index (Phi) is 7.27. The maximum atomic E-state index is 13.7. The quantitative estimate of drug-likeness (QED) is 0.417. The van der Waals surface area contributed by atoms with Crippen LogP contribution in [0.1, 0.15) is 49.9 Å². The van der Waals surface area contributed by atoms with Crippen LogP contribution < -0.4 is 0 Å². The van der Waals surface area contributed by atoms with Crippen LogP contribution in [0.15, 0.2) is 30.3 Å². The average Bonchev–Trinajstić information content (AvgIpc) is 3.39. The van der Waals surface area contributed by atoms with Gasteiger partial charge in [0.25, 0.3) is 0 Å². The van der Waals surface area contributed by atoms with Crippen LogP contribution in [0.5, 0.6) is 0 Å². The molecule has 1 aromatic carbocycles. The smallest absolute Gasteiger partial charge is 0.338 e. The molecule has 1 saturated heterocycles. The molecule has 10 heteroatoms. The molecule has 5 unspecified atom stereocenters. The Morgan fingerprint density at radius 1 is 1.00 bits per heavy atom. The van der Waals surface area contributed by atoms with Gasteiger partial charge in [-0.15, -0.1) is 0 Å². The molecule has 7 rings (SSSR count). The highest BCUT2D eigenvalue weighted by Crippen LogP contribution is 2.80. The van der Waals surface area contributed by atoms with E-state index < -0.39 is 46.7 Å². The molecule has 0 amide bonds. The van der Waals surface area contributed by atoms with E-state index in [1.54, 1.807) is 52.7 Å². The normalized spacial score (nSPS) is 48.2. The summed E-state index contributed by atoms with van der Waals surface area (Å²) in [7, 11) is 6.90. The zero-order valence-corrected chi connectivity index (χ0v) is 26.7. The van der Waals surface area contributed by atoms with Gasteiger partial charge in [0, 0.05) is 83.0 Å². The zero-order valence-electron chi connectivity index (χ0n) is 26.7. The lowest BCUT2D eigenvalue weighted by Crippen LogP contribution is -2.77. The maximum absolute atomic E-state index is 13.7. The molecule has 1 aromatic rings. The maximum Gasteiger partial charge on any atom is 0.338 e. The van der Waals surface area contributed by atoms with Crippen LogP contribution in [0, 0.1) is 34.5 Å². The van der Waals surface area contributed by atoms with E-state index in [2.05, 4.69) is 11.8 Å². The van der Waals surface area contributed by atoms with Gasteiger partial charge >= 0.3 is 11.9 Å². The molecule has 1 heterocycles. The van der Waals surface area contributed by atoms with Crippen molar-refractivity contribution in [3.8, 4) is 0 Å². The first-order chi connectivity index (χ1) is 21.1. The molecule has 1 N–H and O–H groups in total. The first-order valence-electron chi connectivity index (χ1n) is 16.1. The molecule has 6 aliphatic rings. The van der Waals surface area contributed by atoms with Gasteiger partial charge in [-0.3, -0.25) is 9.69 Å². The van der Waals surface area contributed by atoms with Gasteiger partial charge in [-0.1, -0.05) is 25.1 Å². The number of methoxy groups -OCH3 is 4. The largest absolute Gasteiger partial charge is 0.458 e. The molecule has 1 spiro atoms. The van der Waals surface area contributed by atoms with Crippen molar-refractivity contribution in [3.05, 3.63) is 35.9 Å². The van der Waals surface area contributed by atoms with E-state index in [1.807, 2.05) is 6.07 Å². The van der Waals surface area contributed by atoms with Gasteiger partial charge in [0.2, 0.25) is 0 Å². The third kappa shape index (κ3) is 3.58. The Labute approximate surface area is 259 Å². The number of nitrogens with zero attached hydrogens (tertiary/aromatic N) is 1. The number of hydrogen-bond donors (Lipinski definition) is 1. The highest BCUT2D eigenvalue weighted by Gasteiger charge is 2.89. The number of likely N-dealkylation sites (tertiary alicyclic amines) is 1. The van der Waals surface area contributed by atoms with Gasteiger partial charge in [0.1, 0.15) is 17.3 Å². The Hall–Kier alpha value is -2.08. The van der Waals surface area contributed by atoms with Crippen LogP contribution in [-0.2, 0) is 33.2 Å². The molecule has 5 saturated carbocycles. The zero-order chi connectivity index (χ0) is 31.2. The van der Waals surface area contributed by atoms with E-state index in [9.17, 15) is 14.7 Å². The molecule has 0 radical (unpaired) electrons. The SMILES string of the molecule is CCN1C[C@]2(COC)CCC(OC)C34C1C(C(OC)[C@@H]32)[C@@]1(OC(C)=O)C[C@H](OC)[C@@]2(O)C[C@@H]4[C@@H]1[C@H]2OC(=O)c1ccccc1. The van der Waals surface area contributed by atoms with Gasteiger partial charge in [-0.2, -0.15) is 0 Å². The second-order valence-corrected chi connectivity index (χ2v) is 14.3. The van der Waals surface area contributed by atoms with Crippen LogP contribution in [0.3, 0.4) is 0 Å². The Bertz CT molecular complexity index is 1290. The lowest BCUT2D eigenvalue weighted by molar-refractivity contribution is -0.287. The fourth-order valence-electron chi connectivity index (χ4n) is 12.3. The Balaban J connectivity index is 1.49. The van der Waals surface area contributed by atoms with E-state index in [0.29, 0.717) is 18.6 Å². The number of carbonyl (C=O) groups excluding carboxylic acids is 2. The third-order valence-corrected chi connectivity index (χ3v) is 13.0. The minimum Gasteiger partial charge on any atom is -0.458 e. The molecule has 44 heavy (non-hydrogen) atoms.